The van der Waals surface area contributed by atoms with Crippen molar-refractivity contribution in [3.8, 4) is 5.75 Å². The summed E-state index contributed by atoms with van der Waals surface area (Å²) in [7, 11) is 1.61. The highest BCUT2D eigenvalue weighted by Crippen LogP contribution is 2.25. The second kappa shape index (κ2) is 6.55. The van der Waals surface area contributed by atoms with Crippen LogP contribution in [0.5, 0.6) is 5.75 Å². The third-order valence-electron chi connectivity index (χ3n) is 3.57. The van der Waals surface area contributed by atoms with Crippen molar-refractivity contribution in [1.29, 1.82) is 0 Å². The molecule has 1 aromatic carbocycles. The van der Waals surface area contributed by atoms with E-state index >= 15 is 0 Å². The molecule has 1 aliphatic rings. The molecule has 2 amide bonds. The van der Waals surface area contributed by atoms with Crippen molar-refractivity contribution in [3.63, 3.8) is 0 Å². The van der Waals surface area contributed by atoms with Crippen molar-refractivity contribution in [2.45, 2.75) is 31.3 Å². The number of urea groups is 1. The molecular weight excluding hydrogens is 298 g/mol. The second-order valence-corrected chi connectivity index (χ2v) is 5.49. The summed E-state index contributed by atoms with van der Waals surface area (Å²) in [4.78, 5) is 15.5. The molecule has 0 bridgehead atoms. The smallest absolute Gasteiger partial charge is 0.321 e. The monoisotopic (exact) mass is 317 g/mol. The quantitative estimate of drug-likeness (QED) is 0.714. The van der Waals surface area contributed by atoms with Crippen LogP contribution in [-0.4, -0.2) is 29.3 Å². The lowest BCUT2D eigenvalue weighted by atomic mass is 10.1. The van der Waals surface area contributed by atoms with Gasteiger partial charge in [0.15, 0.2) is 5.82 Å². The largest absolute Gasteiger partial charge is 0.497 e. The summed E-state index contributed by atoms with van der Waals surface area (Å²) in [5, 5.41) is 9.71. The van der Waals surface area contributed by atoms with Crippen LogP contribution in [-0.2, 0) is 6.42 Å². The average Bonchev–Trinajstić information content (AvgIpc) is 3.22. The van der Waals surface area contributed by atoms with Crippen LogP contribution < -0.4 is 21.1 Å². The van der Waals surface area contributed by atoms with Gasteiger partial charge in [0.2, 0.25) is 0 Å². The Hall–Kier alpha value is -2.77. The Morgan fingerprint density at radius 2 is 2.17 bits per heavy atom. The maximum atomic E-state index is 11.3. The van der Waals surface area contributed by atoms with E-state index in [0.29, 0.717) is 24.3 Å². The Morgan fingerprint density at radius 3 is 2.78 bits per heavy atom. The van der Waals surface area contributed by atoms with Gasteiger partial charge in [0.1, 0.15) is 5.75 Å². The zero-order valence-corrected chi connectivity index (χ0v) is 12.8. The van der Waals surface area contributed by atoms with Gasteiger partial charge in [-0.15, -0.1) is 0 Å². The summed E-state index contributed by atoms with van der Waals surface area (Å²) >= 11 is 0. The Kier molecular flexibility index (Phi) is 4.31. The fourth-order valence-corrected chi connectivity index (χ4v) is 2.21. The minimum absolute atomic E-state index is 0.369. The summed E-state index contributed by atoms with van der Waals surface area (Å²) in [6.45, 7) is 0. The first kappa shape index (κ1) is 15.1. The number of carbonyl (C=O) groups is 1. The standard InChI is InChI=1S/C15H19N5O3/c1-22-11-6-2-9(3-7-11)8-12(18-14(16)21)13-19-15(23-20-13)17-10-4-5-10/h2-3,6-7,10,12H,4-5,8H2,1H3,(H3,16,18,21)(H,17,19,20). The molecule has 0 saturated heterocycles. The molecule has 4 N–H and O–H groups in total. The highest BCUT2D eigenvalue weighted by atomic mass is 16.5. The van der Waals surface area contributed by atoms with Gasteiger partial charge < -0.3 is 25.6 Å². The molecule has 1 heterocycles. The fourth-order valence-electron chi connectivity index (χ4n) is 2.21. The van der Waals surface area contributed by atoms with E-state index in [1.165, 1.54) is 0 Å². The number of amides is 2. The molecule has 2 aromatic rings. The van der Waals surface area contributed by atoms with Crippen molar-refractivity contribution >= 4 is 12.0 Å². The van der Waals surface area contributed by atoms with E-state index in [1.807, 2.05) is 24.3 Å². The van der Waals surface area contributed by atoms with E-state index in [-0.39, 0.29) is 0 Å². The number of nitrogens with zero attached hydrogens (tertiary/aromatic N) is 2. The number of benzene rings is 1. The van der Waals surface area contributed by atoms with Gasteiger partial charge in [-0.1, -0.05) is 17.3 Å². The Balaban J connectivity index is 1.72. The molecule has 23 heavy (non-hydrogen) atoms. The SMILES string of the molecule is COc1ccc(CC(NC(N)=O)c2noc(NC3CC3)n2)cc1. The number of nitrogens with one attached hydrogen (secondary N) is 2. The van der Waals surface area contributed by atoms with E-state index in [2.05, 4.69) is 20.8 Å². The van der Waals surface area contributed by atoms with Crippen molar-refractivity contribution in [2.24, 2.45) is 5.73 Å². The zero-order valence-electron chi connectivity index (χ0n) is 12.8. The van der Waals surface area contributed by atoms with Gasteiger partial charge in [-0.3, -0.25) is 0 Å². The molecule has 1 atom stereocenters. The topological polar surface area (TPSA) is 115 Å². The summed E-state index contributed by atoms with van der Waals surface area (Å²) in [5.74, 6) is 1.16. The minimum Gasteiger partial charge on any atom is -0.497 e. The van der Waals surface area contributed by atoms with Gasteiger partial charge in [-0.25, -0.2) is 4.79 Å². The highest BCUT2D eigenvalue weighted by Gasteiger charge is 2.25. The summed E-state index contributed by atoms with van der Waals surface area (Å²) < 4.78 is 10.3. The Morgan fingerprint density at radius 1 is 1.43 bits per heavy atom. The molecule has 0 radical (unpaired) electrons. The van der Waals surface area contributed by atoms with Gasteiger partial charge in [-0.2, -0.15) is 4.98 Å². The van der Waals surface area contributed by atoms with Crippen LogP contribution in [0.1, 0.15) is 30.3 Å². The number of hydrogen-bond acceptors (Lipinski definition) is 6. The number of anilines is 1. The first-order chi connectivity index (χ1) is 11.1. The molecule has 1 unspecified atom stereocenters. The molecular formula is C15H19N5O3. The second-order valence-electron chi connectivity index (χ2n) is 5.49. The Labute approximate surface area is 133 Å². The van der Waals surface area contributed by atoms with Crippen LogP contribution in [0, 0.1) is 0 Å². The molecule has 1 fully saturated rings. The normalized spacial score (nSPS) is 15.0. The maximum Gasteiger partial charge on any atom is 0.321 e. The number of carbonyl (C=O) groups excluding carboxylic acids is 1. The van der Waals surface area contributed by atoms with Crippen molar-refractivity contribution in [2.75, 3.05) is 12.4 Å². The van der Waals surface area contributed by atoms with Crippen molar-refractivity contribution in [3.05, 3.63) is 35.7 Å². The molecule has 0 spiro atoms. The average molecular weight is 317 g/mol. The predicted octanol–water partition coefficient (Wildman–Crippen LogP) is 1.60. The molecule has 122 valence electrons. The fraction of sp³-hybridized carbons (Fsp3) is 0.400. The molecule has 1 saturated carbocycles. The lowest BCUT2D eigenvalue weighted by Gasteiger charge is -2.14. The van der Waals surface area contributed by atoms with E-state index in [4.69, 9.17) is 15.0 Å². The van der Waals surface area contributed by atoms with Gasteiger partial charge in [0.25, 0.3) is 0 Å². The molecule has 1 aromatic heterocycles. The van der Waals surface area contributed by atoms with Crippen LogP contribution in [0.3, 0.4) is 0 Å². The minimum atomic E-state index is -0.634. The van der Waals surface area contributed by atoms with Crippen LogP contribution in [0.2, 0.25) is 0 Å². The molecule has 0 aliphatic heterocycles. The number of methoxy groups -OCH3 is 1. The molecule has 3 rings (SSSR count). The number of ether oxygens (including phenoxy) is 1. The summed E-state index contributed by atoms with van der Waals surface area (Å²) in [6.07, 6.45) is 2.70. The third-order valence-corrected chi connectivity index (χ3v) is 3.57. The van der Waals surface area contributed by atoms with E-state index in [1.54, 1.807) is 7.11 Å². The van der Waals surface area contributed by atoms with Crippen molar-refractivity contribution < 1.29 is 14.1 Å². The van der Waals surface area contributed by atoms with Crippen LogP contribution in [0.4, 0.5) is 10.8 Å². The first-order valence-corrected chi connectivity index (χ1v) is 7.43. The maximum absolute atomic E-state index is 11.3. The number of nitrogens with two attached hydrogens (primary N) is 1. The predicted molar refractivity (Wildman–Crippen MR) is 83.1 cm³/mol. The molecule has 1 aliphatic carbocycles. The zero-order chi connectivity index (χ0) is 16.2. The van der Waals surface area contributed by atoms with Gasteiger partial charge in [-0.05, 0) is 30.5 Å². The van der Waals surface area contributed by atoms with E-state index in [0.717, 1.165) is 24.2 Å². The van der Waals surface area contributed by atoms with Crippen LogP contribution in [0.15, 0.2) is 28.8 Å². The highest BCUT2D eigenvalue weighted by molar-refractivity contribution is 5.72. The van der Waals surface area contributed by atoms with Crippen LogP contribution >= 0.6 is 0 Å². The van der Waals surface area contributed by atoms with E-state index < -0.39 is 12.1 Å². The number of primary amides is 1. The van der Waals surface area contributed by atoms with Gasteiger partial charge >= 0.3 is 12.0 Å². The lowest BCUT2D eigenvalue weighted by molar-refractivity contribution is 0.244. The molecule has 8 nitrogen and oxygen atoms in total. The van der Waals surface area contributed by atoms with Crippen molar-refractivity contribution in [1.82, 2.24) is 15.5 Å². The summed E-state index contributed by atoms with van der Waals surface area (Å²) in [5.41, 5.74) is 6.25. The third kappa shape index (κ3) is 4.12. The number of aromatic nitrogens is 2. The Bertz CT molecular complexity index is 666. The molecule has 8 heteroatoms. The van der Waals surface area contributed by atoms with Gasteiger partial charge in [0, 0.05) is 12.5 Å². The van der Waals surface area contributed by atoms with Crippen LogP contribution in [0.25, 0.3) is 0 Å². The lowest BCUT2D eigenvalue weighted by Crippen LogP contribution is -2.34. The summed E-state index contributed by atoms with van der Waals surface area (Å²) in [6, 6.07) is 7.22. The number of hydrogen-bond donors (Lipinski definition) is 3. The van der Waals surface area contributed by atoms with Gasteiger partial charge in [0.05, 0.1) is 13.2 Å². The number of rotatable bonds is 7. The van der Waals surface area contributed by atoms with E-state index in [9.17, 15) is 4.79 Å². The first-order valence-electron chi connectivity index (χ1n) is 7.43.